The van der Waals surface area contributed by atoms with E-state index >= 15 is 0 Å². The van der Waals surface area contributed by atoms with Crippen LogP contribution in [0.3, 0.4) is 0 Å². The van der Waals surface area contributed by atoms with Gasteiger partial charge in [-0.25, -0.2) is 4.39 Å². The van der Waals surface area contributed by atoms with Gasteiger partial charge >= 0.3 is 0 Å². The highest BCUT2D eigenvalue weighted by molar-refractivity contribution is 6.28. The molecule has 3 rings (SSSR count). The van der Waals surface area contributed by atoms with Gasteiger partial charge < -0.3 is 5.11 Å². The van der Waals surface area contributed by atoms with E-state index in [1.165, 1.54) is 31.2 Å². The normalized spacial score (nSPS) is 15.2. The fraction of sp³-hybridized carbons (Fsp3) is 0.150. The second kappa shape index (κ2) is 6.53. The van der Waals surface area contributed by atoms with Gasteiger partial charge in [0.25, 0.3) is 0 Å². The lowest BCUT2D eigenvalue weighted by molar-refractivity contribution is 0.0923. The van der Waals surface area contributed by atoms with Crippen LogP contribution in [0.5, 0.6) is 0 Å². The molecule has 0 spiro atoms. The zero-order valence-electron chi connectivity index (χ0n) is 13.5. The van der Waals surface area contributed by atoms with Gasteiger partial charge in [-0.3, -0.25) is 14.4 Å². The summed E-state index contributed by atoms with van der Waals surface area (Å²) in [4.78, 5) is 37.9. The first-order valence-corrected chi connectivity index (χ1v) is 7.78. The van der Waals surface area contributed by atoms with Crippen molar-refractivity contribution < 1.29 is 23.9 Å². The largest absolute Gasteiger partial charge is 0.389 e. The minimum Gasteiger partial charge on any atom is -0.389 e. The lowest BCUT2D eigenvalue weighted by Crippen LogP contribution is -2.28. The highest BCUT2D eigenvalue weighted by atomic mass is 19.1. The first-order valence-electron chi connectivity index (χ1n) is 7.78. The molecular weight excluding hydrogens is 323 g/mol. The third kappa shape index (κ3) is 3.06. The van der Waals surface area contributed by atoms with Crippen LogP contribution >= 0.6 is 0 Å². The third-order valence-corrected chi connectivity index (χ3v) is 4.18. The molecule has 0 bridgehead atoms. The third-order valence-electron chi connectivity index (χ3n) is 4.18. The van der Waals surface area contributed by atoms with E-state index in [2.05, 4.69) is 0 Å². The minimum absolute atomic E-state index is 0.00646. The van der Waals surface area contributed by atoms with Gasteiger partial charge in [-0.15, -0.1) is 0 Å². The summed E-state index contributed by atoms with van der Waals surface area (Å²) in [7, 11) is 0. The quantitative estimate of drug-likeness (QED) is 0.869. The van der Waals surface area contributed by atoms with Crippen molar-refractivity contribution in [2.24, 2.45) is 0 Å². The molecule has 4 nitrogen and oxygen atoms in total. The van der Waals surface area contributed by atoms with Crippen LogP contribution in [0.15, 0.2) is 59.7 Å². The maximum atomic E-state index is 13.0. The van der Waals surface area contributed by atoms with Crippen molar-refractivity contribution in [2.75, 3.05) is 0 Å². The second-order valence-electron chi connectivity index (χ2n) is 5.88. The number of ketones is 3. The monoisotopic (exact) mass is 338 g/mol. The Morgan fingerprint density at radius 3 is 2.12 bits per heavy atom. The molecule has 126 valence electrons. The molecular formula is C20H15FO4. The number of benzene rings is 2. The number of Topliss-reactive ketones (excluding diaryl/α,β-unsaturated/α-hetero) is 3. The Hall–Kier alpha value is -2.92. The first-order chi connectivity index (χ1) is 11.9. The first kappa shape index (κ1) is 16.9. The minimum atomic E-state index is -1.18. The predicted molar refractivity (Wildman–Crippen MR) is 89.2 cm³/mol. The van der Waals surface area contributed by atoms with Crippen molar-refractivity contribution in [3.8, 4) is 0 Å². The van der Waals surface area contributed by atoms with E-state index in [9.17, 15) is 23.9 Å². The van der Waals surface area contributed by atoms with Crippen molar-refractivity contribution in [2.45, 2.75) is 19.4 Å². The van der Waals surface area contributed by atoms with E-state index < -0.39 is 29.3 Å². The fourth-order valence-corrected chi connectivity index (χ4v) is 2.96. The Labute approximate surface area is 143 Å². The molecule has 0 saturated heterocycles. The molecule has 1 aliphatic carbocycles. The summed E-state index contributed by atoms with van der Waals surface area (Å²) in [6.45, 7) is 1.39. The van der Waals surface area contributed by atoms with Crippen LogP contribution in [0.4, 0.5) is 4.39 Å². The van der Waals surface area contributed by atoms with E-state index in [-0.39, 0.29) is 34.3 Å². The molecule has 0 saturated carbocycles. The number of carbonyl (C=O) groups is 3. The maximum Gasteiger partial charge on any atom is 0.192 e. The van der Waals surface area contributed by atoms with Crippen molar-refractivity contribution in [1.29, 1.82) is 0 Å². The van der Waals surface area contributed by atoms with Crippen LogP contribution in [0, 0.1) is 5.82 Å². The van der Waals surface area contributed by atoms with Crippen molar-refractivity contribution in [1.82, 2.24) is 0 Å². The van der Waals surface area contributed by atoms with Gasteiger partial charge in [0.15, 0.2) is 17.3 Å². The number of fused-ring (bicyclic) bond motifs is 1. The molecule has 2 aromatic rings. The number of aliphatic hydroxyl groups excluding tert-OH is 1. The van der Waals surface area contributed by atoms with Gasteiger partial charge in [0.1, 0.15) is 5.82 Å². The molecule has 1 unspecified atom stereocenters. The molecule has 1 atom stereocenters. The van der Waals surface area contributed by atoms with Gasteiger partial charge in [-0.05, 0) is 31.2 Å². The zero-order valence-corrected chi connectivity index (χ0v) is 13.5. The fourth-order valence-electron chi connectivity index (χ4n) is 2.96. The molecule has 0 aromatic heterocycles. The predicted octanol–water partition coefficient (Wildman–Crippen LogP) is 3.16. The topological polar surface area (TPSA) is 71.4 Å². The molecule has 0 amide bonds. The zero-order chi connectivity index (χ0) is 18.1. The number of hydrogen-bond acceptors (Lipinski definition) is 4. The number of rotatable bonds is 4. The summed E-state index contributed by atoms with van der Waals surface area (Å²) < 4.78 is 13.0. The van der Waals surface area contributed by atoms with Crippen LogP contribution in [0.2, 0.25) is 0 Å². The Bertz CT molecular complexity index is 908. The van der Waals surface area contributed by atoms with Crippen molar-refractivity contribution in [3.05, 3.63) is 82.2 Å². The number of hydrogen-bond donors (Lipinski definition) is 1. The van der Waals surface area contributed by atoms with E-state index in [0.717, 1.165) is 12.1 Å². The Morgan fingerprint density at radius 2 is 1.56 bits per heavy atom. The molecule has 1 aliphatic rings. The van der Waals surface area contributed by atoms with E-state index in [1.54, 1.807) is 12.1 Å². The number of allylic oxidation sites excluding steroid dienone is 1. The van der Waals surface area contributed by atoms with Crippen LogP contribution in [0.25, 0.3) is 0 Å². The molecule has 0 heterocycles. The van der Waals surface area contributed by atoms with Crippen LogP contribution in [-0.2, 0) is 0 Å². The van der Waals surface area contributed by atoms with Crippen molar-refractivity contribution in [3.63, 3.8) is 0 Å². The summed E-state index contributed by atoms with van der Waals surface area (Å²) in [6.07, 6.45) is -1.51. The lowest BCUT2D eigenvalue weighted by Gasteiger charge is -2.22. The summed E-state index contributed by atoms with van der Waals surface area (Å²) in [5.74, 6) is -1.79. The Balaban J connectivity index is 2.04. The SMILES string of the molecule is CC(O)C1=C(CC(=O)c2ccc(F)cc2)C(=O)c2ccccc2C1=O. The van der Waals surface area contributed by atoms with E-state index in [0.29, 0.717) is 0 Å². The Kier molecular flexibility index (Phi) is 4.42. The van der Waals surface area contributed by atoms with Crippen LogP contribution in [-0.4, -0.2) is 28.6 Å². The van der Waals surface area contributed by atoms with E-state index in [4.69, 9.17) is 0 Å². The van der Waals surface area contributed by atoms with Gasteiger partial charge in [0.05, 0.1) is 6.10 Å². The standard InChI is InChI=1S/C20H15FO4/c1-11(22)18-16(10-17(23)12-6-8-13(21)9-7-12)19(24)14-4-2-3-5-15(14)20(18)25/h2-9,11,22H,10H2,1H3. The van der Waals surface area contributed by atoms with Gasteiger partial charge in [-0.2, -0.15) is 0 Å². The summed E-state index contributed by atoms with van der Waals surface area (Å²) in [6, 6.07) is 11.3. The molecule has 2 aromatic carbocycles. The van der Waals surface area contributed by atoms with Crippen LogP contribution < -0.4 is 0 Å². The summed E-state index contributed by atoms with van der Waals surface area (Å²) in [5.41, 5.74) is 0.616. The maximum absolute atomic E-state index is 13.0. The summed E-state index contributed by atoms with van der Waals surface area (Å²) >= 11 is 0. The lowest BCUT2D eigenvalue weighted by atomic mass is 9.80. The average Bonchev–Trinajstić information content (AvgIpc) is 2.59. The molecule has 5 heteroatoms. The number of aliphatic hydroxyl groups is 1. The summed E-state index contributed by atoms with van der Waals surface area (Å²) in [5, 5.41) is 9.99. The molecule has 0 fully saturated rings. The van der Waals surface area contributed by atoms with Gasteiger partial charge in [-0.1, -0.05) is 24.3 Å². The molecule has 0 aliphatic heterocycles. The smallest absolute Gasteiger partial charge is 0.192 e. The number of carbonyl (C=O) groups excluding carboxylic acids is 3. The Morgan fingerprint density at radius 1 is 1.00 bits per heavy atom. The average molecular weight is 338 g/mol. The molecule has 25 heavy (non-hydrogen) atoms. The molecule has 1 N–H and O–H groups in total. The number of halogens is 1. The molecule has 0 radical (unpaired) electrons. The van der Waals surface area contributed by atoms with Gasteiger partial charge in [0.2, 0.25) is 0 Å². The van der Waals surface area contributed by atoms with E-state index in [1.807, 2.05) is 0 Å². The van der Waals surface area contributed by atoms with Crippen LogP contribution in [0.1, 0.15) is 44.4 Å². The van der Waals surface area contributed by atoms with Gasteiger partial charge in [0, 0.05) is 34.3 Å². The highest BCUT2D eigenvalue weighted by Crippen LogP contribution is 2.30. The van der Waals surface area contributed by atoms with Crippen molar-refractivity contribution >= 4 is 17.3 Å². The second-order valence-corrected chi connectivity index (χ2v) is 5.88. The highest BCUT2D eigenvalue weighted by Gasteiger charge is 2.34.